The van der Waals surface area contributed by atoms with E-state index in [1.807, 2.05) is 12.1 Å². The Morgan fingerprint density at radius 1 is 1.53 bits per heavy atom. The Labute approximate surface area is 126 Å². The molecule has 2 unspecified atom stereocenters. The summed E-state index contributed by atoms with van der Waals surface area (Å²) >= 11 is 5.55. The molecule has 0 amide bonds. The zero-order valence-electron chi connectivity index (χ0n) is 11.1. The van der Waals surface area contributed by atoms with Crippen LogP contribution < -0.4 is 4.90 Å². The Morgan fingerprint density at radius 2 is 2.21 bits per heavy atom. The number of hydrogen-bond acceptors (Lipinski definition) is 3. The van der Waals surface area contributed by atoms with Gasteiger partial charge in [0.2, 0.25) is 0 Å². The van der Waals surface area contributed by atoms with Crippen molar-refractivity contribution in [1.82, 2.24) is 0 Å². The Balaban J connectivity index is 2.01. The SMILES string of the molecule is CC(CCCN1c2ccccc2SC1(C)Br)C(=O)O. The van der Waals surface area contributed by atoms with Crippen molar-refractivity contribution in [3.05, 3.63) is 24.3 Å². The lowest BCUT2D eigenvalue weighted by atomic mass is 10.1. The summed E-state index contributed by atoms with van der Waals surface area (Å²) in [6, 6.07) is 8.33. The second kappa shape index (κ2) is 5.75. The molecule has 0 aromatic heterocycles. The van der Waals surface area contributed by atoms with Gasteiger partial charge in [-0.25, -0.2) is 0 Å². The summed E-state index contributed by atoms with van der Waals surface area (Å²) in [5, 5.41) is 8.91. The van der Waals surface area contributed by atoms with Gasteiger partial charge < -0.3 is 10.0 Å². The van der Waals surface area contributed by atoms with Crippen molar-refractivity contribution >= 4 is 39.3 Å². The van der Waals surface area contributed by atoms with E-state index in [2.05, 4.69) is 39.9 Å². The number of carboxylic acids is 1. The fourth-order valence-electron chi connectivity index (χ4n) is 2.24. The zero-order valence-corrected chi connectivity index (χ0v) is 13.5. The van der Waals surface area contributed by atoms with E-state index in [-0.39, 0.29) is 9.70 Å². The minimum atomic E-state index is -0.710. The van der Waals surface area contributed by atoms with Gasteiger partial charge in [-0.2, -0.15) is 0 Å². The second-order valence-corrected chi connectivity index (χ2v) is 8.48. The van der Waals surface area contributed by atoms with Gasteiger partial charge in [0.1, 0.15) is 3.78 Å². The molecule has 2 rings (SSSR count). The molecule has 1 N–H and O–H groups in total. The number of carbonyl (C=O) groups is 1. The van der Waals surface area contributed by atoms with Gasteiger partial charge in [0.05, 0.1) is 11.6 Å². The molecule has 1 aliphatic heterocycles. The van der Waals surface area contributed by atoms with Crippen molar-refractivity contribution in [2.75, 3.05) is 11.4 Å². The number of fused-ring (bicyclic) bond motifs is 1. The summed E-state index contributed by atoms with van der Waals surface area (Å²) in [6.07, 6.45) is 1.59. The first-order valence-electron chi connectivity index (χ1n) is 6.39. The van der Waals surface area contributed by atoms with Crippen LogP contribution >= 0.6 is 27.7 Å². The lowest BCUT2D eigenvalue weighted by Crippen LogP contribution is -2.36. The van der Waals surface area contributed by atoms with Crippen LogP contribution in [0.25, 0.3) is 0 Å². The van der Waals surface area contributed by atoms with Crippen molar-refractivity contribution in [2.45, 2.75) is 35.4 Å². The summed E-state index contributed by atoms with van der Waals surface area (Å²) in [5.74, 6) is -0.982. The van der Waals surface area contributed by atoms with E-state index in [9.17, 15) is 4.79 Å². The molecule has 104 valence electrons. The minimum absolute atomic E-state index is 0.136. The van der Waals surface area contributed by atoms with E-state index < -0.39 is 5.97 Å². The van der Waals surface area contributed by atoms with Gasteiger partial charge in [-0.05, 0) is 47.8 Å². The highest BCUT2D eigenvalue weighted by Gasteiger charge is 2.38. The molecule has 0 saturated heterocycles. The summed E-state index contributed by atoms with van der Waals surface area (Å²) < 4.78 is -0.136. The molecule has 0 aliphatic carbocycles. The van der Waals surface area contributed by atoms with E-state index in [1.165, 1.54) is 10.6 Å². The fraction of sp³-hybridized carbons (Fsp3) is 0.500. The van der Waals surface area contributed by atoms with Crippen LogP contribution in [0.2, 0.25) is 0 Å². The summed E-state index contributed by atoms with van der Waals surface area (Å²) in [6.45, 7) is 4.77. The van der Waals surface area contributed by atoms with Crippen molar-refractivity contribution in [2.24, 2.45) is 5.92 Å². The zero-order chi connectivity index (χ0) is 14.0. The van der Waals surface area contributed by atoms with Gasteiger partial charge in [-0.3, -0.25) is 4.79 Å². The number of anilines is 1. The molecular formula is C14H18BrNO2S. The van der Waals surface area contributed by atoms with Gasteiger partial charge in [0.15, 0.2) is 0 Å². The molecule has 5 heteroatoms. The first-order valence-corrected chi connectivity index (χ1v) is 8.00. The maximum atomic E-state index is 10.8. The molecule has 0 saturated carbocycles. The first kappa shape index (κ1) is 14.7. The van der Waals surface area contributed by atoms with Crippen LogP contribution in [0, 0.1) is 5.92 Å². The van der Waals surface area contributed by atoms with Gasteiger partial charge in [-0.1, -0.05) is 30.8 Å². The normalized spacial score (nSPS) is 23.2. The molecule has 0 bridgehead atoms. The molecule has 3 nitrogen and oxygen atoms in total. The number of benzene rings is 1. The monoisotopic (exact) mass is 343 g/mol. The highest BCUT2D eigenvalue weighted by molar-refractivity contribution is 9.12. The number of para-hydroxylation sites is 1. The Kier molecular flexibility index (Phi) is 4.46. The molecule has 0 radical (unpaired) electrons. The van der Waals surface area contributed by atoms with Crippen LogP contribution in [-0.2, 0) is 4.79 Å². The third-order valence-corrected chi connectivity index (χ3v) is 5.45. The number of nitrogens with zero attached hydrogens (tertiary/aromatic N) is 1. The van der Waals surface area contributed by atoms with E-state index in [1.54, 1.807) is 18.7 Å². The Bertz CT molecular complexity index is 478. The van der Waals surface area contributed by atoms with Gasteiger partial charge in [0, 0.05) is 11.4 Å². The van der Waals surface area contributed by atoms with E-state index in [0.29, 0.717) is 6.42 Å². The number of carboxylic acid groups (broad SMARTS) is 1. The Hall–Kier alpha value is -0.680. The highest BCUT2D eigenvalue weighted by Crippen LogP contribution is 2.53. The predicted molar refractivity (Wildman–Crippen MR) is 83.0 cm³/mol. The molecule has 1 heterocycles. The van der Waals surface area contributed by atoms with Gasteiger partial charge >= 0.3 is 5.97 Å². The largest absolute Gasteiger partial charge is 0.481 e. The standard InChI is InChI=1S/C14H18BrNO2S/c1-10(13(17)18)6-5-9-16-11-7-3-4-8-12(11)19-14(16,2)15/h3-4,7-8,10H,5-6,9H2,1-2H3,(H,17,18). The molecule has 19 heavy (non-hydrogen) atoms. The highest BCUT2D eigenvalue weighted by atomic mass is 79.9. The lowest BCUT2D eigenvalue weighted by molar-refractivity contribution is -0.141. The lowest BCUT2D eigenvalue weighted by Gasteiger charge is -2.31. The van der Waals surface area contributed by atoms with Crippen molar-refractivity contribution in [3.8, 4) is 0 Å². The number of halogens is 1. The fourth-order valence-corrected chi connectivity index (χ4v) is 4.26. The minimum Gasteiger partial charge on any atom is -0.481 e. The van der Waals surface area contributed by atoms with Crippen molar-refractivity contribution in [1.29, 1.82) is 0 Å². The molecule has 1 aliphatic rings. The number of hydrogen-bond donors (Lipinski definition) is 1. The number of aliphatic carboxylic acids is 1. The van der Waals surface area contributed by atoms with E-state index in [4.69, 9.17) is 5.11 Å². The van der Waals surface area contributed by atoms with Crippen molar-refractivity contribution in [3.63, 3.8) is 0 Å². The van der Waals surface area contributed by atoms with Crippen LogP contribution in [-0.4, -0.2) is 21.4 Å². The average molecular weight is 344 g/mol. The number of alkyl halides is 1. The molecule has 0 spiro atoms. The van der Waals surface area contributed by atoms with E-state index in [0.717, 1.165) is 13.0 Å². The van der Waals surface area contributed by atoms with Gasteiger partial charge in [-0.15, -0.1) is 0 Å². The Morgan fingerprint density at radius 3 is 2.89 bits per heavy atom. The van der Waals surface area contributed by atoms with E-state index >= 15 is 0 Å². The molecule has 1 aromatic rings. The quantitative estimate of drug-likeness (QED) is 0.643. The predicted octanol–water partition coefficient (Wildman–Crippen LogP) is 4.17. The molecule has 2 atom stereocenters. The van der Waals surface area contributed by atoms with Crippen LogP contribution in [0.3, 0.4) is 0 Å². The summed E-state index contributed by atoms with van der Waals surface area (Å²) in [5.41, 5.74) is 1.23. The number of thioether (sulfide) groups is 1. The second-order valence-electron chi connectivity index (χ2n) is 4.97. The van der Waals surface area contributed by atoms with Crippen LogP contribution in [0.1, 0.15) is 26.7 Å². The van der Waals surface area contributed by atoms with Crippen LogP contribution in [0.5, 0.6) is 0 Å². The first-order chi connectivity index (χ1) is 8.92. The molecule has 1 aromatic carbocycles. The van der Waals surface area contributed by atoms with Gasteiger partial charge in [0.25, 0.3) is 0 Å². The van der Waals surface area contributed by atoms with Crippen LogP contribution in [0.4, 0.5) is 5.69 Å². The third-order valence-electron chi connectivity index (χ3n) is 3.37. The smallest absolute Gasteiger partial charge is 0.306 e. The topological polar surface area (TPSA) is 40.5 Å². The number of rotatable bonds is 5. The maximum absolute atomic E-state index is 10.8. The summed E-state index contributed by atoms with van der Waals surface area (Å²) in [7, 11) is 0. The maximum Gasteiger partial charge on any atom is 0.306 e. The van der Waals surface area contributed by atoms with Crippen LogP contribution in [0.15, 0.2) is 29.2 Å². The molecular weight excluding hydrogens is 326 g/mol. The van der Waals surface area contributed by atoms with Crippen molar-refractivity contribution < 1.29 is 9.90 Å². The third kappa shape index (κ3) is 3.26. The average Bonchev–Trinajstić information content (AvgIpc) is 2.60. The summed E-state index contributed by atoms with van der Waals surface area (Å²) in [4.78, 5) is 14.4. The molecule has 0 fully saturated rings.